The Bertz CT molecular complexity index is 1250. The van der Waals surface area contributed by atoms with Gasteiger partial charge < -0.3 is 9.87 Å². The summed E-state index contributed by atoms with van der Waals surface area (Å²) < 4.78 is 69.5. The molecule has 0 bridgehead atoms. The van der Waals surface area contributed by atoms with Gasteiger partial charge in [0.25, 0.3) is 12.0 Å². The maximum absolute atomic E-state index is 15.7. The molecule has 0 amide bonds. The molecule has 1 fully saturated rings. The van der Waals surface area contributed by atoms with Gasteiger partial charge in [-0.2, -0.15) is 0 Å². The van der Waals surface area contributed by atoms with Crippen LogP contribution in [0.15, 0.2) is 35.4 Å². The molecule has 176 valence electrons. The molecule has 4 rings (SSSR count). The molecule has 6 nitrogen and oxygen atoms in total. The number of nitrogens with zero attached hydrogens (tertiary/aromatic N) is 3. The molecule has 33 heavy (non-hydrogen) atoms. The fourth-order valence-corrected chi connectivity index (χ4v) is 5.41. The van der Waals surface area contributed by atoms with E-state index in [-0.39, 0.29) is 46.9 Å². The van der Waals surface area contributed by atoms with Gasteiger partial charge in [0.2, 0.25) is 0 Å². The number of pyridine rings is 1. The second-order valence-corrected chi connectivity index (χ2v) is 9.81. The van der Waals surface area contributed by atoms with Crippen LogP contribution in [0.25, 0.3) is 11.0 Å². The number of alkyl halides is 3. The van der Waals surface area contributed by atoms with Gasteiger partial charge in [0, 0.05) is 25.5 Å². The van der Waals surface area contributed by atoms with Crippen molar-refractivity contribution in [3.8, 4) is 0 Å². The van der Waals surface area contributed by atoms with E-state index in [0.717, 1.165) is 6.07 Å². The summed E-state index contributed by atoms with van der Waals surface area (Å²) in [5.74, 6) is -0.499. The maximum Gasteiger partial charge on any atom is 0.266 e. The van der Waals surface area contributed by atoms with Crippen LogP contribution in [0.5, 0.6) is 0 Å². The molecule has 11 heteroatoms. The highest BCUT2D eigenvalue weighted by Gasteiger charge is 2.41. The Morgan fingerprint density at radius 3 is 2.55 bits per heavy atom. The molecule has 0 spiro atoms. The quantitative estimate of drug-likeness (QED) is 0.434. The number of aromatic nitrogens is 3. The lowest BCUT2D eigenvalue weighted by Gasteiger charge is -2.30. The molecular formula is C22H22F4N4O2S. The number of benzene rings is 1. The van der Waals surface area contributed by atoms with Crippen molar-refractivity contribution < 1.29 is 22.1 Å². The van der Waals surface area contributed by atoms with E-state index < -0.39 is 46.3 Å². The lowest BCUT2D eigenvalue weighted by molar-refractivity contribution is 0.145. The van der Waals surface area contributed by atoms with E-state index in [9.17, 15) is 22.5 Å². The Labute approximate surface area is 190 Å². The zero-order valence-corrected chi connectivity index (χ0v) is 18.8. The summed E-state index contributed by atoms with van der Waals surface area (Å²) in [4.78, 5) is 21.2. The molecule has 0 saturated carbocycles. The van der Waals surface area contributed by atoms with Crippen LogP contribution in [0, 0.1) is 5.82 Å². The van der Waals surface area contributed by atoms with Crippen LogP contribution in [-0.4, -0.2) is 30.6 Å². The summed E-state index contributed by atoms with van der Waals surface area (Å²) in [6.07, 6.45) is -1.84. The number of aryl methyl sites for hydroxylation is 1. The summed E-state index contributed by atoms with van der Waals surface area (Å²) in [6.45, 7) is 1.58. The first-order valence-electron chi connectivity index (χ1n) is 10.3. The minimum Gasteiger partial charge on any atom is -0.616 e. The van der Waals surface area contributed by atoms with Crippen LogP contribution in [0.3, 0.4) is 0 Å². The maximum atomic E-state index is 15.7. The third-order valence-corrected chi connectivity index (χ3v) is 7.37. The first-order valence-corrected chi connectivity index (χ1v) is 11.8. The molecule has 3 heterocycles. The van der Waals surface area contributed by atoms with Crippen LogP contribution in [0.1, 0.15) is 48.9 Å². The number of anilines is 1. The molecular weight excluding hydrogens is 460 g/mol. The van der Waals surface area contributed by atoms with E-state index in [4.69, 9.17) is 0 Å². The summed E-state index contributed by atoms with van der Waals surface area (Å²) in [7, 11) is 1.46. The summed E-state index contributed by atoms with van der Waals surface area (Å²) >= 11 is -1.12. The van der Waals surface area contributed by atoms with Crippen molar-refractivity contribution >= 4 is 28.0 Å². The molecule has 0 unspecified atom stereocenters. The Kier molecular flexibility index (Phi) is 6.37. The lowest BCUT2D eigenvalue weighted by atomic mass is 9.90. The molecule has 2 aromatic heterocycles. The lowest BCUT2D eigenvalue weighted by Crippen LogP contribution is -2.39. The van der Waals surface area contributed by atoms with Gasteiger partial charge in [-0.25, -0.2) is 27.5 Å². The molecule has 1 atom stereocenters. The monoisotopic (exact) mass is 482 g/mol. The summed E-state index contributed by atoms with van der Waals surface area (Å²) in [5, 5.41) is 3.31. The largest absolute Gasteiger partial charge is 0.616 e. The smallest absolute Gasteiger partial charge is 0.266 e. The molecule has 1 aliphatic rings. The van der Waals surface area contributed by atoms with Crippen LogP contribution in [-0.2, 0) is 23.9 Å². The molecule has 1 saturated heterocycles. The highest BCUT2D eigenvalue weighted by molar-refractivity contribution is 7.91. The normalized spacial score (nSPS) is 22.0. The topological polar surface area (TPSA) is 82.9 Å². The zero-order valence-electron chi connectivity index (χ0n) is 17.9. The van der Waals surface area contributed by atoms with Gasteiger partial charge in [0.15, 0.2) is 0 Å². The van der Waals surface area contributed by atoms with E-state index >= 15 is 4.39 Å². The average molecular weight is 483 g/mol. The third kappa shape index (κ3) is 4.31. The minimum absolute atomic E-state index is 0.0151. The fourth-order valence-electron chi connectivity index (χ4n) is 4.11. The van der Waals surface area contributed by atoms with Gasteiger partial charge in [0.05, 0.1) is 22.6 Å². The number of nitrogens with one attached hydrogen (secondary N) is 1. The Morgan fingerprint density at radius 1 is 1.21 bits per heavy atom. The SMILES string of the molecule is C[C@@H](Nc1ncnc2c1cc(C1(F)CC[S+]([O-])CC1)c(=O)n2C)c1cccc(C(F)F)c1F. The Hall–Kier alpha value is -2.66. The number of rotatable bonds is 5. The van der Waals surface area contributed by atoms with Gasteiger partial charge in [-0.15, -0.1) is 0 Å². The van der Waals surface area contributed by atoms with Crippen LogP contribution in [0.2, 0.25) is 0 Å². The van der Waals surface area contributed by atoms with Gasteiger partial charge in [-0.05, 0) is 13.0 Å². The molecule has 0 radical (unpaired) electrons. The summed E-state index contributed by atoms with van der Waals surface area (Å²) in [5.41, 5.74) is -3.02. The van der Waals surface area contributed by atoms with Gasteiger partial charge in [0.1, 0.15) is 40.8 Å². The van der Waals surface area contributed by atoms with E-state index in [2.05, 4.69) is 15.3 Å². The van der Waals surface area contributed by atoms with E-state index in [1.165, 1.54) is 36.1 Å². The third-order valence-electron chi connectivity index (χ3n) is 6.05. The van der Waals surface area contributed by atoms with Crippen molar-refractivity contribution in [2.45, 2.75) is 37.9 Å². The summed E-state index contributed by atoms with van der Waals surface area (Å²) in [6, 6.07) is 4.38. The van der Waals surface area contributed by atoms with Crippen LogP contribution < -0.4 is 10.9 Å². The first-order chi connectivity index (χ1) is 15.6. The van der Waals surface area contributed by atoms with Crippen molar-refractivity contribution in [1.29, 1.82) is 0 Å². The molecule has 1 N–H and O–H groups in total. The van der Waals surface area contributed by atoms with Crippen molar-refractivity contribution in [2.24, 2.45) is 7.05 Å². The van der Waals surface area contributed by atoms with E-state index in [1.807, 2.05) is 0 Å². The van der Waals surface area contributed by atoms with Crippen molar-refractivity contribution in [1.82, 2.24) is 14.5 Å². The second kappa shape index (κ2) is 8.94. The van der Waals surface area contributed by atoms with Crippen LogP contribution in [0.4, 0.5) is 23.4 Å². The van der Waals surface area contributed by atoms with E-state index in [1.54, 1.807) is 6.92 Å². The predicted octanol–water partition coefficient (Wildman–Crippen LogP) is 4.29. The minimum atomic E-state index is -2.96. The molecule has 1 aromatic carbocycles. The molecule has 0 aliphatic carbocycles. The van der Waals surface area contributed by atoms with Gasteiger partial charge in [-0.1, -0.05) is 29.4 Å². The standard InChI is InChI=1S/C22H22F4N4O2S/c1-12(13-4-3-5-14(17(13)23)18(24)25)29-19-15-10-16(22(26)6-8-33(32)9-7-22)21(31)30(2)20(15)28-11-27-19/h3-5,10-12,18H,6-9H2,1-2H3,(H,27,28,29)/t12-,22?,33?/m1/s1. The van der Waals surface area contributed by atoms with E-state index in [0.29, 0.717) is 5.39 Å². The zero-order chi connectivity index (χ0) is 23.9. The highest BCUT2D eigenvalue weighted by atomic mass is 32.2. The average Bonchev–Trinajstić information content (AvgIpc) is 2.78. The second-order valence-electron chi connectivity index (χ2n) is 8.11. The Balaban J connectivity index is 1.77. The van der Waals surface area contributed by atoms with Crippen molar-refractivity contribution in [3.05, 3.63) is 63.5 Å². The number of halogens is 4. The number of hydrogen-bond acceptors (Lipinski definition) is 5. The number of fused-ring (bicyclic) bond motifs is 1. The van der Waals surface area contributed by atoms with Crippen molar-refractivity contribution in [3.63, 3.8) is 0 Å². The van der Waals surface area contributed by atoms with Gasteiger partial charge in [-0.3, -0.25) is 9.36 Å². The first kappa shape index (κ1) is 23.5. The highest BCUT2D eigenvalue weighted by Crippen LogP contribution is 2.38. The fraction of sp³-hybridized carbons (Fsp3) is 0.409. The van der Waals surface area contributed by atoms with Crippen LogP contribution >= 0.6 is 0 Å². The Morgan fingerprint density at radius 2 is 1.88 bits per heavy atom. The molecule has 3 aromatic rings. The number of hydrogen-bond donors (Lipinski definition) is 1. The van der Waals surface area contributed by atoms with Gasteiger partial charge >= 0.3 is 0 Å². The molecule has 1 aliphatic heterocycles. The predicted molar refractivity (Wildman–Crippen MR) is 118 cm³/mol. The van der Waals surface area contributed by atoms with Crippen molar-refractivity contribution in [2.75, 3.05) is 16.8 Å².